The van der Waals surface area contributed by atoms with Crippen LogP contribution in [0.4, 0.5) is 4.79 Å². The third-order valence-corrected chi connectivity index (χ3v) is 3.14. The Morgan fingerprint density at radius 2 is 1.71 bits per heavy atom. The van der Waals surface area contributed by atoms with Gasteiger partial charge in [-0.25, -0.2) is 9.59 Å². The Bertz CT molecular complexity index is 698. The van der Waals surface area contributed by atoms with E-state index in [1.807, 2.05) is 0 Å². The fourth-order valence-electron chi connectivity index (χ4n) is 1.94. The molecule has 0 spiro atoms. The lowest BCUT2D eigenvalue weighted by molar-refractivity contribution is 0.0696. The minimum Gasteiger partial charge on any atom is -0.508 e. The smallest absolute Gasteiger partial charge is 0.335 e. The summed E-state index contributed by atoms with van der Waals surface area (Å²) in [6.07, 6.45) is -0.566. The summed E-state index contributed by atoms with van der Waals surface area (Å²) in [6, 6.07) is 12.0. The molecule has 24 heavy (non-hydrogen) atoms. The van der Waals surface area contributed by atoms with E-state index in [9.17, 15) is 14.7 Å². The van der Waals surface area contributed by atoms with Crippen molar-refractivity contribution in [3.05, 3.63) is 59.7 Å². The molecule has 0 saturated carbocycles. The van der Waals surface area contributed by atoms with Gasteiger partial charge in [-0.1, -0.05) is 12.1 Å². The highest BCUT2D eigenvalue weighted by Crippen LogP contribution is 2.16. The van der Waals surface area contributed by atoms with E-state index in [1.54, 1.807) is 31.2 Å². The molecule has 2 aromatic carbocycles. The van der Waals surface area contributed by atoms with Crippen LogP contribution in [0.3, 0.4) is 0 Å². The molecule has 0 bridgehead atoms. The average molecular weight is 330 g/mol. The molecule has 0 saturated heterocycles. The maximum atomic E-state index is 11.8. The fourth-order valence-corrected chi connectivity index (χ4v) is 1.94. The highest BCUT2D eigenvalue weighted by atomic mass is 16.5. The van der Waals surface area contributed by atoms with E-state index in [2.05, 4.69) is 10.6 Å². The molecule has 0 aromatic heterocycles. The van der Waals surface area contributed by atoms with Crippen LogP contribution < -0.4 is 15.4 Å². The molecule has 1 unspecified atom stereocenters. The second-order valence-electron chi connectivity index (χ2n) is 5.08. The first-order valence-corrected chi connectivity index (χ1v) is 7.26. The van der Waals surface area contributed by atoms with Gasteiger partial charge in [0.25, 0.3) is 0 Å². The summed E-state index contributed by atoms with van der Waals surface area (Å²) in [5.41, 5.74) is 0.973. The summed E-state index contributed by atoms with van der Waals surface area (Å²) in [7, 11) is 0. The number of amides is 2. The summed E-state index contributed by atoms with van der Waals surface area (Å²) in [6.45, 7) is 1.94. The van der Waals surface area contributed by atoms with Crippen molar-refractivity contribution in [3.8, 4) is 11.5 Å². The third kappa shape index (κ3) is 5.20. The van der Waals surface area contributed by atoms with Crippen molar-refractivity contribution in [2.45, 2.75) is 19.7 Å². The number of carbonyl (C=O) groups is 2. The van der Waals surface area contributed by atoms with Gasteiger partial charge in [0.15, 0.2) is 6.23 Å². The predicted molar refractivity (Wildman–Crippen MR) is 87.0 cm³/mol. The predicted octanol–water partition coefficient (Wildman–Crippen LogP) is 2.31. The van der Waals surface area contributed by atoms with Crippen LogP contribution in [-0.2, 0) is 6.54 Å². The molecular formula is C17H18N2O5. The molecule has 126 valence electrons. The minimum atomic E-state index is -0.993. The Balaban J connectivity index is 1.77. The van der Waals surface area contributed by atoms with Gasteiger partial charge in [-0.3, -0.25) is 0 Å². The van der Waals surface area contributed by atoms with Gasteiger partial charge in [0.05, 0.1) is 5.56 Å². The zero-order valence-electron chi connectivity index (χ0n) is 13.0. The second-order valence-corrected chi connectivity index (χ2v) is 5.08. The van der Waals surface area contributed by atoms with Crippen LogP contribution in [0, 0.1) is 0 Å². The van der Waals surface area contributed by atoms with E-state index in [0.717, 1.165) is 5.56 Å². The minimum absolute atomic E-state index is 0.134. The van der Waals surface area contributed by atoms with E-state index in [0.29, 0.717) is 5.75 Å². The van der Waals surface area contributed by atoms with E-state index >= 15 is 0 Å². The third-order valence-electron chi connectivity index (χ3n) is 3.14. The van der Waals surface area contributed by atoms with Crippen LogP contribution in [0.1, 0.15) is 22.8 Å². The van der Waals surface area contributed by atoms with Gasteiger partial charge in [0.1, 0.15) is 11.5 Å². The maximum absolute atomic E-state index is 11.8. The van der Waals surface area contributed by atoms with Gasteiger partial charge in [-0.2, -0.15) is 0 Å². The molecule has 2 rings (SSSR count). The second kappa shape index (κ2) is 7.87. The van der Waals surface area contributed by atoms with Gasteiger partial charge in [0.2, 0.25) is 0 Å². The Kier molecular flexibility index (Phi) is 5.62. The number of phenolic OH excluding ortho intramolecular Hbond substituents is 1. The quantitative estimate of drug-likeness (QED) is 0.608. The maximum Gasteiger partial charge on any atom is 0.335 e. The standard InChI is InChI=1S/C17H18N2O5/c1-11(24-15-8-6-14(20)7-9-15)19-17(23)18-10-12-2-4-13(5-3-12)16(21)22/h2-9,11,20H,10H2,1H3,(H,21,22)(H2,18,19,23). The average Bonchev–Trinajstić information content (AvgIpc) is 2.55. The largest absolute Gasteiger partial charge is 0.508 e. The van der Waals surface area contributed by atoms with Crippen LogP contribution in [-0.4, -0.2) is 28.4 Å². The molecule has 2 aromatic rings. The van der Waals surface area contributed by atoms with E-state index in [4.69, 9.17) is 9.84 Å². The lowest BCUT2D eigenvalue weighted by atomic mass is 10.1. The summed E-state index contributed by atoms with van der Waals surface area (Å²) < 4.78 is 5.49. The number of hydrogen-bond acceptors (Lipinski definition) is 4. The normalized spacial score (nSPS) is 11.4. The zero-order valence-corrected chi connectivity index (χ0v) is 13.0. The summed E-state index contributed by atoms with van der Waals surface area (Å²) >= 11 is 0. The SMILES string of the molecule is CC(NC(=O)NCc1ccc(C(=O)O)cc1)Oc1ccc(O)cc1. The van der Waals surface area contributed by atoms with Crippen molar-refractivity contribution in [3.63, 3.8) is 0 Å². The monoisotopic (exact) mass is 330 g/mol. The number of rotatable bonds is 6. The van der Waals surface area contributed by atoms with Crippen LogP contribution in [0.25, 0.3) is 0 Å². The van der Waals surface area contributed by atoms with Crippen molar-refractivity contribution in [2.24, 2.45) is 0 Å². The molecule has 7 nitrogen and oxygen atoms in total. The molecule has 0 heterocycles. The first-order valence-electron chi connectivity index (χ1n) is 7.26. The lowest BCUT2D eigenvalue weighted by Gasteiger charge is -2.16. The molecule has 7 heteroatoms. The molecule has 0 radical (unpaired) electrons. The Morgan fingerprint density at radius 3 is 2.29 bits per heavy atom. The van der Waals surface area contributed by atoms with Crippen molar-refractivity contribution >= 4 is 12.0 Å². The first kappa shape index (κ1) is 17.1. The number of phenols is 1. The van der Waals surface area contributed by atoms with Crippen molar-refractivity contribution < 1.29 is 24.5 Å². The van der Waals surface area contributed by atoms with Crippen molar-refractivity contribution in [1.82, 2.24) is 10.6 Å². The zero-order chi connectivity index (χ0) is 17.5. The Morgan fingerprint density at radius 1 is 1.08 bits per heavy atom. The Hall–Kier alpha value is -3.22. The van der Waals surface area contributed by atoms with E-state index in [-0.39, 0.29) is 17.9 Å². The number of carboxylic acids is 1. The van der Waals surface area contributed by atoms with Gasteiger partial charge in [-0.15, -0.1) is 0 Å². The van der Waals surface area contributed by atoms with Gasteiger partial charge in [-0.05, 0) is 48.9 Å². The van der Waals surface area contributed by atoms with Crippen LogP contribution >= 0.6 is 0 Å². The highest BCUT2D eigenvalue weighted by Gasteiger charge is 2.08. The molecule has 0 aliphatic heterocycles. The highest BCUT2D eigenvalue weighted by molar-refractivity contribution is 5.87. The number of ether oxygens (including phenoxy) is 1. The summed E-state index contributed by atoms with van der Waals surface area (Å²) in [5.74, 6) is -0.341. The topological polar surface area (TPSA) is 108 Å². The van der Waals surface area contributed by atoms with Crippen LogP contribution in [0.5, 0.6) is 11.5 Å². The number of aromatic carboxylic acids is 1. The molecule has 2 amide bonds. The molecular weight excluding hydrogens is 312 g/mol. The van der Waals surface area contributed by atoms with Crippen LogP contribution in [0.15, 0.2) is 48.5 Å². The van der Waals surface area contributed by atoms with Gasteiger partial charge in [0, 0.05) is 6.54 Å². The van der Waals surface area contributed by atoms with Crippen molar-refractivity contribution in [1.29, 1.82) is 0 Å². The number of carbonyl (C=O) groups excluding carboxylic acids is 1. The molecule has 0 aliphatic rings. The molecule has 4 N–H and O–H groups in total. The Labute approximate surface area is 138 Å². The van der Waals surface area contributed by atoms with Crippen molar-refractivity contribution in [2.75, 3.05) is 0 Å². The van der Waals surface area contributed by atoms with Gasteiger partial charge < -0.3 is 25.6 Å². The van der Waals surface area contributed by atoms with Crippen LogP contribution in [0.2, 0.25) is 0 Å². The van der Waals surface area contributed by atoms with E-state index < -0.39 is 18.2 Å². The molecule has 1 atom stereocenters. The number of urea groups is 1. The summed E-state index contributed by atoms with van der Waals surface area (Å²) in [5, 5.41) is 23.3. The number of benzene rings is 2. The number of aromatic hydroxyl groups is 1. The van der Waals surface area contributed by atoms with E-state index in [1.165, 1.54) is 24.3 Å². The van der Waals surface area contributed by atoms with Gasteiger partial charge >= 0.3 is 12.0 Å². The number of carboxylic acid groups (broad SMARTS) is 1. The number of nitrogens with one attached hydrogen (secondary N) is 2. The summed E-state index contributed by atoms with van der Waals surface area (Å²) in [4.78, 5) is 22.6. The number of hydrogen-bond donors (Lipinski definition) is 4. The first-order chi connectivity index (χ1) is 11.4. The lowest BCUT2D eigenvalue weighted by Crippen LogP contribution is -2.43. The molecule has 0 aliphatic carbocycles. The molecule has 0 fully saturated rings. The fraction of sp³-hybridized carbons (Fsp3) is 0.176.